The molecule has 1 aliphatic rings. The van der Waals surface area contributed by atoms with Crippen molar-refractivity contribution in [3.8, 4) is 0 Å². The highest BCUT2D eigenvalue weighted by atomic mass is 16.2. The molecule has 0 bridgehead atoms. The van der Waals surface area contributed by atoms with E-state index in [9.17, 15) is 14.4 Å². The van der Waals surface area contributed by atoms with Crippen LogP contribution in [0.25, 0.3) is 11.0 Å². The third-order valence-corrected chi connectivity index (χ3v) is 3.26. The molecule has 0 radical (unpaired) electrons. The SMILES string of the molecule is O=c1nc(N2CCCCC2)c2[nH]c(=O)[nH]c(=O)c2[nH]1. The summed E-state index contributed by atoms with van der Waals surface area (Å²) < 4.78 is 0. The molecule has 2 aromatic heterocycles. The van der Waals surface area contributed by atoms with Crippen LogP contribution in [0.2, 0.25) is 0 Å². The molecule has 0 saturated carbocycles. The van der Waals surface area contributed by atoms with Crippen molar-refractivity contribution in [2.24, 2.45) is 0 Å². The normalized spacial score (nSPS) is 15.9. The molecule has 8 nitrogen and oxygen atoms in total. The van der Waals surface area contributed by atoms with Crippen molar-refractivity contribution < 1.29 is 0 Å². The zero-order valence-corrected chi connectivity index (χ0v) is 10.2. The standard InChI is InChI=1S/C11H13N5O3/c17-9-7-6(12-11(19)15-9)8(14-10(18)13-7)16-4-2-1-3-5-16/h1-5H2,(H,13,14,18)(H2,12,15,17,19). The first-order valence-electron chi connectivity index (χ1n) is 6.17. The monoisotopic (exact) mass is 263 g/mol. The number of aromatic amines is 3. The summed E-state index contributed by atoms with van der Waals surface area (Å²) in [6, 6.07) is 0. The van der Waals surface area contributed by atoms with Gasteiger partial charge < -0.3 is 9.88 Å². The minimum atomic E-state index is -0.614. The fourth-order valence-corrected chi connectivity index (χ4v) is 2.39. The summed E-state index contributed by atoms with van der Waals surface area (Å²) in [6.07, 6.45) is 3.14. The van der Waals surface area contributed by atoms with Gasteiger partial charge in [-0.3, -0.25) is 14.8 Å². The predicted molar refractivity (Wildman–Crippen MR) is 69.7 cm³/mol. The van der Waals surface area contributed by atoms with Gasteiger partial charge in [0.2, 0.25) is 0 Å². The molecule has 0 spiro atoms. The molecule has 0 aromatic carbocycles. The molecule has 0 amide bonds. The highest BCUT2D eigenvalue weighted by Crippen LogP contribution is 2.20. The second kappa shape index (κ2) is 4.38. The molecule has 0 unspecified atom stereocenters. The lowest BCUT2D eigenvalue weighted by molar-refractivity contribution is 0.573. The van der Waals surface area contributed by atoms with Crippen LogP contribution in [0.1, 0.15) is 19.3 Å². The summed E-state index contributed by atoms with van der Waals surface area (Å²) in [5.41, 5.74) is -1.47. The molecule has 19 heavy (non-hydrogen) atoms. The van der Waals surface area contributed by atoms with Crippen LogP contribution >= 0.6 is 0 Å². The molecule has 0 atom stereocenters. The first-order chi connectivity index (χ1) is 9.15. The Bertz CT molecular complexity index is 781. The van der Waals surface area contributed by atoms with Crippen LogP contribution in [0.5, 0.6) is 0 Å². The number of nitrogens with one attached hydrogen (secondary N) is 3. The third kappa shape index (κ3) is 2.05. The fourth-order valence-electron chi connectivity index (χ4n) is 2.39. The second-order valence-corrected chi connectivity index (χ2v) is 4.57. The molecular weight excluding hydrogens is 250 g/mol. The van der Waals surface area contributed by atoms with Gasteiger partial charge in [0.1, 0.15) is 11.0 Å². The maximum absolute atomic E-state index is 11.7. The van der Waals surface area contributed by atoms with Crippen LogP contribution in [0.4, 0.5) is 5.82 Å². The first-order valence-corrected chi connectivity index (χ1v) is 6.17. The van der Waals surface area contributed by atoms with Gasteiger partial charge in [0.05, 0.1) is 0 Å². The van der Waals surface area contributed by atoms with Gasteiger partial charge in [0.15, 0.2) is 5.82 Å². The van der Waals surface area contributed by atoms with Crippen molar-refractivity contribution in [2.75, 3.05) is 18.0 Å². The average Bonchev–Trinajstić information content (AvgIpc) is 2.40. The summed E-state index contributed by atoms with van der Waals surface area (Å²) in [5.74, 6) is 0.377. The van der Waals surface area contributed by atoms with Crippen molar-refractivity contribution in [3.05, 3.63) is 31.3 Å². The molecule has 100 valence electrons. The van der Waals surface area contributed by atoms with Crippen LogP contribution in [0.3, 0.4) is 0 Å². The largest absolute Gasteiger partial charge is 0.355 e. The summed E-state index contributed by atoms with van der Waals surface area (Å²) >= 11 is 0. The highest BCUT2D eigenvalue weighted by molar-refractivity contribution is 5.84. The highest BCUT2D eigenvalue weighted by Gasteiger charge is 2.18. The Morgan fingerprint density at radius 2 is 1.63 bits per heavy atom. The topological polar surface area (TPSA) is 115 Å². The van der Waals surface area contributed by atoms with E-state index in [0.717, 1.165) is 32.4 Å². The molecule has 2 aromatic rings. The van der Waals surface area contributed by atoms with Crippen LogP contribution in [-0.2, 0) is 0 Å². The molecule has 3 rings (SSSR count). The van der Waals surface area contributed by atoms with E-state index in [1.807, 2.05) is 4.90 Å². The van der Waals surface area contributed by atoms with Crippen LogP contribution in [0, 0.1) is 0 Å². The van der Waals surface area contributed by atoms with E-state index in [-0.39, 0.29) is 11.0 Å². The van der Waals surface area contributed by atoms with Crippen LogP contribution in [-0.4, -0.2) is 33.0 Å². The first kappa shape index (κ1) is 11.7. The summed E-state index contributed by atoms with van der Waals surface area (Å²) in [6.45, 7) is 1.53. The molecule has 3 heterocycles. The minimum absolute atomic E-state index is 0.0557. The number of piperidine rings is 1. The Morgan fingerprint density at radius 1 is 0.895 bits per heavy atom. The Labute approximate surface area is 106 Å². The van der Waals surface area contributed by atoms with Gasteiger partial charge in [-0.05, 0) is 19.3 Å². The Balaban J connectivity index is 2.31. The van der Waals surface area contributed by atoms with E-state index in [1.54, 1.807) is 0 Å². The van der Waals surface area contributed by atoms with Crippen molar-refractivity contribution in [2.45, 2.75) is 19.3 Å². The average molecular weight is 263 g/mol. The van der Waals surface area contributed by atoms with E-state index >= 15 is 0 Å². The zero-order chi connectivity index (χ0) is 13.4. The van der Waals surface area contributed by atoms with Gasteiger partial charge in [0, 0.05) is 13.1 Å². The minimum Gasteiger partial charge on any atom is -0.355 e. The smallest absolute Gasteiger partial charge is 0.347 e. The number of hydrogen-bond donors (Lipinski definition) is 3. The number of rotatable bonds is 1. The molecule has 1 fully saturated rings. The lowest BCUT2D eigenvalue weighted by Gasteiger charge is -2.27. The maximum atomic E-state index is 11.7. The van der Waals surface area contributed by atoms with Crippen molar-refractivity contribution in [3.63, 3.8) is 0 Å². The Kier molecular flexibility index (Phi) is 2.69. The summed E-state index contributed by atoms with van der Waals surface area (Å²) in [4.78, 5) is 47.4. The molecule has 1 saturated heterocycles. The molecule has 3 N–H and O–H groups in total. The van der Waals surface area contributed by atoms with Crippen molar-refractivity contribution in [1.82, 2.24) is 19.9 Å². The van der Waals surface area contributed by atoms with Gasteiger partial charge >= 0.3 is 11.4 Å². The zero-order valence-electron chi connectivity index (χ0n) is 10.2. The lowest BCUT2D eigenvalue weighted by atomic mass is 10.1. The summed E-state index contributed by atoms with van der Waals surface area (Å²) in [7, 11) is 0. The van der Waals surface area contributed by atoms with Gasteiger partial charge in [0.25, 0.3) is 5.56 Å². The van der Waals surface area contributed by atoms with E-state index in [0.29, 0.717) is 5.82 Å². The quantitative estimate of drug-likeness (QED) is 0.628. The van der Waals surface area contributed by atoms with Gasteiger partial charge in [-0.15, -0.1) is 0 Å². The second-order valence-electron chi connectivity index (χ2n) is 4.57. The Morgan fingerprint density at radius 3 is 2.37 bits per heavy atom. The molecule has 0 aliphatic carbocycles. The maximum Gasteiger partial charge on any atom is 0.347 e. The van der Waals surface area contributed by atoms with Crippen LogP contribution in [0.15, 0.2) is 14.4 Å². The van der Waals surface area contributed by atoms with Gasteiger partial charge in [-0.25, -0.2) is 9.59 Å². The van der Waals surface area contributed by atoms with Crippen molar-refractivity contribution >= 4 is 16.9 Å². The van der Waals surface area contributed by atoms with E-state index in [4.69, 9.17) is 0 Å². The third-order valence-electron chi connectivity index (χ3n) is 3.26. The predicted octanol–water partition coefficient (Wildman–Crippen LogP) is -0.710. The van der Waals surface area contributed by atoms with E-state index in [1.165, 1.54) is 0 Å². The fraction of sp³-hybridized carbons (Fsp3) is 0.455. The van der Waals surface area contributed by atoms with Gasteiger partial charge in [-0.1, -0.05) is 0 Å². The van der Waals surface area contributed by atoms with Crippen molar-refractivity contribution in [1.29, 1.82) is 0 Å². The number of fused-ring (bicyclic) bond motifs is 1. The van der Waals surface area contributed by atoms with E-state index in [2.05, 4.69) is 19.9 Å². The van der Waals surface area contributed by atoms with Crippen LogP contribution < -0.4 is 21.8 Å². The molecule has 8 heteroatoms. The number of H-pyrrole nitrogens is 3. The Hall–Kier alpha value is -2.38. The number of hydrogen-bond acceptors (Lipinski definition) is 5. The van der Waals surface area contributed by atoms with Gasteiger partial charge in [-0.2, -0.15) is 4.98 Å². The van der Waals surface area contributed by atoms with E-state index < -0.39 is 16.9 Å². The number of aromatic nitrogens is 4. The number of anilines is 1. The molecular formula is C11H13N5O3. The summed E-state index contributed by atoms with van der Waals surface area (Å²) in [5, 5.41) is 0. The lowest BCUT2D eigenvalue weighted by Crippen LogP contribution is -2.34. The number of nitrogens with zero attached hydrogens (tertiary/aromatic N) is 2. The molecule has 1 aliphatic heterocycles.